The predicted octanol–water partition coefficient (Wildman–Crippen LogP) is 2.47. The maximum atomic E-state index is 11.9. The summed E-state index contributed by atoms with van der Waals surface area (Å²) in [4.78, 5) is 11.9. The number of carbonyl (C=O) groups is 1. The van der Waals surface area contributed by atoms with Crippen molar-refractivity contribution in [3.8, 4) is 0 Å². The Kier molecular flexibility index (Phi) is 5.15. The van der Waals surface area contributed by atoms with E-state index < -0.39 is 0 Å². The van der Waals surface area contributed by atoms with E-state index in [0.717, 1.165) is 10.0 Å². The molecule has 4 heteroatoms. The average molecular weight is 299 g/mol. The Morgan fingerprint density at radius 3 is 2.59 bits per heavy atom. The van der Waals surface area contributed by atoms with Crippen LogP contribution >= 0.6 is 15.9 Å². The van der Waals surface area contributed by atoms with Crippen molar-refractivity contribution in [1.82, 2.24) is 5.32 Å². The molecular formula is C13H19BrN2O. The first-order valence-electron chi connectivity index (χ1n) is 5.71. The summed E-state index contributed by atoms with van der Waals surface area (Å²) in [6.07, 6.45) is 0. The van der Waals surface area contributed by atoms with Gasteiger partial charge in [0.05, 0.1) is 0 Å². The highest BCUT2D eigenvalue weighted by atomic mass is 79.9. The molecular weight excluding hydrogens is 280 g/mol. The van der Waals surface area contributed by atoms with Crippen molar-refractivity contribution in [3.05, 3.63) is 33.8 Å². The first-order chi connectivity index (χ1) is 7.90. The molecule has 0 saturated carbocycles. The predicted molar refractivity (Wildman–Crippen MR) is 74.0 cm³/mol. The molecule has 0 bridgehead atoms. The van der Waals surface area contributed by atoms with Gasteiger partial charge in [-0.15, -0.1) is 0 Å². The molecule has 0 aliphatic rings. The fourth-order valence-electron chi connectivity index (χ4n) is 1.42. The minimum absolute atomic E-state index is 0.00722. The lowest BCUT2D eigenvalue weighted by Gasteiger charge is -2.16. The second kappa shape index (κ2) is 6.17. The van der Waals surface area contributed by atoms with E-state index >= 15 is 0 Å². The van der Waals surface area contributed by atoms with Gasteiger partial charge in [0.1, 0.15) is 0 Å². The zero-order chi connectivity index (χ0) is 13.0. The summed E-state index contributed by atoms with van der Waals surface area (Å²) in [6.45, 7) is 6.55. The molecule has 3 nitrogen and oxygen atoms in total. The monoisotopic (exact) mass is 298 g/mol. The number of nitrogens with one attached hydrogen (secondary N) is 1. The van der Waals surface area contributed by atoms with Crippen LogP contribution in [-0.4, -0.2) is 18.5 Å². The highest BCUT2D eigenvalue weighted by molar-refractivity contribution is 9.10. The van der Waals surface area contributed by atoms with Crippen LogP contribution in [0.3, 0.4) is 0 Å². The van der Waals surface area contributed by atoms with Gasteiger partial charge in [0, 0.05) is 22.6 Å². The van der Waals surface area contributed by atoms with E-state index in [4.69, 9.17) is 5.73 Å². The molecule has 1 atom stereocenters. The SMILES string of the molecule is Cc1cc(Br)cc(C(=O)NCC(N)C(C)C)c1. The molecule has 1 aromatic rings. The number of hydrogen-bond donors (Lipinski definition) is 2. The largest absolute Gasteiger partial charge is 0.350 e. The molecule has 0 saturated heterocycles. The van der Waals surface area contributed by atoms with Gasteiger partial charge in [-0.3, -0.25) is 4.79 Å². The second-order valence-electron chi connectivity index (χ2n) is 4.64. The molecule has 0 aliphatic carbocycles. The molecule has 1 unspecified atom stereocenters. The third-order valence-electron chi connectivity index (χ3n) is 2.66. The average Bonchev–Trinajstić information content (AvgIpc) is 2.23. The van der Waals surface area contributed by atoms with Crippen LogP contribution in [-0.2, 0) is 0 Å². The van der Waals surface area contributed by atoms with Crippen LogP contribution in [0.1, 0.15) is 29.8 Å². The normalized spacial score (nSPS) is 12.6. The third-order valence-corrected chi connectivity index (χ3v) is 3.12. The van der Waals surface area contributed by atoms with E-state index in [1.807, 2.05) is 39.0 Å². The Bertz CT molecular complexity index is 384. The van der Waals surface area contributed by atoms with E-state index in [0.29, 0.717) is 18.0 Å². The first kappa shape index (κ1) is 14.2. The molecule has 0 heterocycles. The second-order valence-corrected chi connectivity index (χ2v) is 5.55. The molecule has 3 N–H and O–H groups in total. The lowest BCUT2D eigenvalue weighted by atomic mass is 10.1. The molecule has 1 rings (SSSR count). The van der Waals surface area contributed by atoms with Crippen LogP contribution in [0, 0.1) is 12.8 Å². The molecule has 0 radical (unpaired) electrons. The number of rotatable bonds is 4. The third kappa shape index (κ3) is 4.48. The lowest BCUT2D eigenvalue weighted by Crippen LogP contribution is -2.40. The van der Waals surface area contributed by atoms with Crippen molar-refractivity contribution in [2.45, 2.75) is 26.8 Å². The van der Waals surface area contributed by atoms with Crippen molar-refractivity contribution in [2.24, 2.45) is 11.7 Å². The smallest absolute Gasteiger partial charge is 0.251 e. The highest BCUT2D eigenvalue weighted by Gasteiger charge is 2.11. The Balaban J connectivity index is 2.64. The van der Waals surface area contributed by atoms with Crippen LogP contribution in [0.25, 0.3) is 0 Å². The van der Waals surface area contributed by atoms with Gasteiger partial charge >= 0.3 is 0 Å². The molecule has 0 aliphatic heterocycles. The Labute approximate surface area is 111 Å². The van der Waals surface area contributed by atoms with Gasteiger partial charge < -0.3 is 11.1 Å². The fraction of sp³-hybridized carbons (Fsp3) is 0.462. The molecule has 17 heavy (non-hydrogen) atoms. The lowest BCUT2D eigenvalue weighted by molar-refractivity contribution is 0.0949. The first-order valence-corrected chi connectivity index (χ1v) is 6.50. The van der Waals surface area contributed by atoms with Gasteiger partial charge in [-0.1, -0.05) is 29.8 Å². The standard InChI is InChI=1S/C13H19BrN2O/c1-8(2)12(15)7-16-13(17)10-4-9(3)5-11(14)6-10/h4-6,8,12H,7,15H2,1-3H3,(H,16,17). The maximum absolute atomic E-state index is 11.9. The van der Waals surface area contributed by atoms with Gasteiger partial charge in [0.2, 0.25) is 0 Å². The van der Waals surface area contributed by atoms with Crippen LogP contribution < -0.4 is 11.1 Å². The summed E-state index contributed by atoms with van der Waals surface area (Å²) >= 11 is 3.38. The summed E-state index contributed by atoms with van der Waals surface area (Å²) in [7, 11) is 0. The number of carbonyl (C=O) groups excluding carboxylic acids is 1. The quantitative estimate of drug-likeness (QED) is 0.897. The zero-order valence-corrected chi connectivity index (χ0v) is 12.0. The number of nitrogens with two attached hydrogens (primary N) is 1. The molecule has 0 aromatic heterocycles. The van der Waals surface area contributed by atoms with Crippen molar-refractivity contribution in [3.63, 3.8) is 0 Å². The van der Waals surface area contributed by atoms with E-state index in [2.05, 4.69) is 21.2 Å². The molecule has 0 spiro atoms. The van der Waals surface area contributed by atoms with Gasteiger partial charge in [0.15, 0.2) is 0 Å². The summed E-state index contributed by atoms with van der Waals surface area (Å²) in [5.74, 6) is 0.282. The maximum Gasteiger partial charge on any atom is 0.251 e. The molecule has 94 valence electrons. The summed E-state index contributed by atoms with van der Waals surface area (Å²) in [5.41, 5.74) is 7.59. The van der Waals surface area contributed by atoms with Crippen LogP contribution in [0.5, 0.6) is 0 Å². The topological polar surface area (TPSA) is 55.1 Å². The number of aryl methyl sites for hydroxylation is 1. The number of benzene rings is 1. The van der Waals surface area contributed by atoms with E-state index in [-0.39, 0.29) is 11.9 Å². The number of halogens is 1. The van der Waals surface area contributed by atoms with Gasteiger partial charge in [0.25, 0.3) is 5.91 Å². The van der Waals surface area contributed by atoms with Crippen LogP contribution in [0.4, 0.5) is 0 Å². The molecule has 1 amide bonds. The van der Waals surface area contributed by atoms with Crippen molar-refractivity contribution in [2.75, 3.05) is 6.54 Å². The zero-order valence-electron chi connectivity index (χ0n) is 10.5. The Morgan fingerprint density at radius 1 is 1.41 bits per heavy atom. The van der Waals surface area contributed by atoms with E-state index in [1.54, 1.807) is 0 Å². The summed E-state index contributed by atoms with van der Waals surface area (Å²) < 4.78 is 0.913. The summed E-state index contributed by atoms with van der Waals surface area (Å²) in [6, 6.07) is 5.63. The van der Waals surface area contributed by atoms with Gasteiger partial charge in [-0.2, -0.15) is 0 Å². The van der Waals surface area contributed by atoms with Crippen molar-refractivity contribution >= 4 is 21.8 Å². The summed E-state index contributed by atoms with van der Waals surface area (Å²) in [5, 5.41) is 2.85. The Morgan fingerprint density at radius 2 is 2.06 bits per heavy atom. The van der Waals surface area contributed by atoms with Crippen LogP contribution in [0.2, 0.25) is 0 Å². The Hall–Kier alpha value is -0.870. The van der Waals surface area contributed by atoms with Gasteiger partial charge in [-0.05, 0) is 36.6 Å². The van der Waals surface area contributed by atoms with Gasteiger partial charge in [-0.25, -0.2) is 0 Å². The van der Waals surface area contributed by atoms with E-state index in [1.165, 1.54) is 0 Å². The molecule has 1 aromatic carbocycles. The van der Waals surface area contributed by atoms with Crippen molar-refractivity contribution in [1.29, 1.82) is 0 Å². The number of amides is 1. The van der Waals surface area contributed by atoms with Crippen molar-refractivity contribution < 1.29 is 4.79 Å². The molecule has 0 fully saturated rings. The fourth-order valence-corrected chi connectivity index (χ4v) is 2.02. The highest BCUT2D eigenvalue weighted by Crippen LogP contribution is 2.15. The minimum atomic E-state index is -0.0782. The minimum Gasteiger partial charge on any atom is -0.350 e. The number of hydrogen-bond acceptors (Lipinski definition) is 2. The van der Waals surface area contributed by atoms with Crippen LogP contribution in [0.15, 0.2) is 22.7 Å². The van der Waals surface area contributed by atoms with E-state index in [9.17, 15) is 4.79 Å².